The highest BCUT2D eigenvalue weighted by Crippen LogP contribution is 2.24. The molecule has 0 saturated carbocycles. The Morgan fingerprint density at radius 2 is 1.46 bits per heavy atom. The van der Waals surface area contributed by atoms with Gasteiger partial charge in [-0.2, -0.15) is 4.31 Å². The Morgan fingerprint density at radius 1 is 0.958 bits per heavy atom. The van der Waals surface area contributed by atoms with E-state index in [1.54, 1.807) is 0 Å². The Labute approximate surface area is 155 Å². The average molecular weight is 397 g/mol. The average Bonchev–Trinajstić information content (AvgIpc) is 2.47. The lowest BCUT2D eigenvalue weighted by atomic mass is 10.3. The third-order valence-corrected chi connectivity index (χ3v) is 5.98. The molecule has 24 heavy (non-hydrogen) atoms. The van der Waals surface area contributed by atoms with Crippen LogP contribution in [0.25, 0.3) is 0 Å². The maximum Gasteiger partial charge on any atom is 0.244 e. The van der Waals surface area contributed by atoms with E-state index < -0.39 is 10.0 Å². The first-order valence-electron chi connectivity index (χ1n) is 7.75. The van der Waals surface area contributed by atoms with Gasteiger partial charge in [-0.1, -0.05) is 23.2 Å². The lowest BCUT2D eigenvalue weighted by Crippen LogP contribution is -2.35. The molecule has 0 spiro atoms. The third kappa shape index (κ3) is 6.82. The predicted molar refractivity (Wildman–Crippen MR) is 99.4 cm³/mol. The zero-order chi connectivity index (χ0) is 18.3. The van der Waals surface area contributed by atoms with Crippen molar-refractivity contribution in [3.63, 3.8) is 0 Å². The molecule has 0 radical (unpaired) electrons. The molecule has 0 amide bonds. The van der Waals surface area contributed by atoms with Crippen LogP contribution >= 0.6 is 23.2 Å². The molecule has 0 fully saturated rings. The molecule has 6 nitrogen and oxygen atoms in total. The van der Waals surface area contributed by atoms with Gasteiger partial charge < -0.3 is 9.80 Å². The van der Waals surface area contributed by atoms with Gasteiger partial charge in [-0.3, -0.25) is 0 Å². The number of aromatic nitrogens is 1. The monoisotopic (exact) mass is 396 g/mol. The molecule has 138 valence electrons. The van der Waals surface area contributed by atoms with Gasteiger partial charge in [0.05, 0.1) is 5.02 Å². The molecule has 0 saturated heterocycles. The van der Waals surface area contributed by atoms with Crippen LogP contribution in [0.4, 0.5) is 0 Å². The van der Waals surface area contributed by atoms with E-state index >= 15 is 0 Å². The molecule has 1 aromatic rings. The molecule has 0 atom stereocenters. The van der Waals surface area contributed by atoms with Crippen LogP contribution in [0.2, 0.25) is 10.2 Å². The highest BCUT2D eigenvalue weighted by Gasteiger charge is 2.25. The number of hydrogen-bond donors (Lipinski definition) is 0. The van der Waals surface area contributed by atoms with E-state index in [2.05, 4.69) is 4.98 Å². The first-order chi connectivity index (χ1) is 11.1. The van der Waals surface area contributed by atoms with Crippen molar-refractivity contribution >= 4 is 33.2 Å². The predicted octanol–water partition coefficient (Wildman–Crippen LogP) is 2.28. The molecule has 0 aromatic carbocycles. The summed E-state index contributed by atoms with van der Waals surface area (Å²) in [4.78, 5) is 8.00. The van der Waals surface area contributed by atoms with E-state index in [4.69, 9.17) is 23.2 Å². The Hall–Kier alpha value is -0.440. The van der Waals surface area contributed by atoms with Crippen molar-refractivity contribution in [2.75, 3.05) is 54.4 Å². The van der Waals surface area contributed by atoms with Crippen LogP contribution in [0, 0.1) is 0 Å². The van der Waals surface area contributed by atoms with Gasteiger partial charge in [-0.25, -0.2) is 13.4 Å². The number of rotatable bonds is 10. The van der Waals surface area contributed by atoms with Crippen LogP contribution in [0.1, 0.15) is 12.8 Å². The van der Waals surface area contributed by atoms with Crippen LogP contribution in [0.5, 0.6) is 0 Å². The molecule has 9 heteroatoms. The molecule has 0 aliphatic rings. The summed E-state index contributed by atoms with van der Waals surface area (Å²) in [6, 6.07) is 1.36. The maximum absolute atomic E-state index is 12.9. The largest absolute Gasteiger partial charge is 0.309 e. The second kappa shape index (κ2) is 9.89. The zero-order valence-electron chi connectivity index (χ0n) is 14.7. The van der Waals surface area contributed by atoms with Crippen molar-refractivity contribution in [3.05, 3.63) is 22.4 Å². The molecule has 0 aliphatic heterocycles. The fraction of sp³-hybridized carbons (Fsp3) is 0.667. The standard InChI is InChI=1S/C15H26Cl2N4O2S/c1-19(2)7-5-9-21(10-6-8-20(3)4)24(22,23)13-11-14(16)15(17)18-12-13/h11-12H,5-10H2,1-4H3. The highest BCUT2D eigenvalue weighted by atomic mass is 35.5. The molecule has 0 bridgehead atoms. The van der Waals surface area contributed by atoms with Crippen molar-refractivity contribution < 1.29 is 8.42 Å². The van der Waals surface area contributed by atoms with Gasteiger partial charge in [0.25, 0.3) is 0 Å². The van der Waals surface area contributed by atoms with E-state index in [-0.39, 0.29) is 15.1 Å². The Balaban J connectivity index is 2.93. The van der Waals surface area contributed by atoms with E-state index in [0.29, 0.717) is 13.1 Å². The number of pyridine rings is 1. The molecular weight excluding hydrogens is 371 g/mol. The Morgan fingerprint density at radius 3 is 1.88 bits per heavy atom. The molecule has 0 aliphatic carbocycles. The Bertz CT molecular complexity index is 610. The number of hydrogen-bond acceptors (Lipinski definition) is 5. The second-order valence-electron chi connectivity index (χ2n) is 6.16. The molecule has 1 aromatic heterocycles. The zero-order valence-corrected chi connectivity index (χ0v) is 17.0. The highest BCUT2D eigenvalue weighted by molar-refractivity contribution is 7.89. The maximum atomic E-state index is 12.9. The molecule has 1 rings (SSSR count). The summed E-state index contributed by atoms with van der Waals surface area (Å²) in [5.74, 6) is 0. The molecule has 0 unspecified atom stereocenters. The SMILES string of the molecule is CN(C)CCCN(CCCN(C)C)S(=O)(=O)c1cnc(Cl)c(Cl)c1. The fourth-order valence-corrected chi connectivity index (χ4v) is 4.00. The van der Waals surface area contributed by atoms with Gasteiger partial charge >= 0.3 is 0 Å². The van der Waals surface area contributed by atoms with Crippen LogP contribution in [-0.4, -0.2) is 81.9 Å². The third-order valence-electron chi connectivity index (χ3n) is 3.43. The minimum Gasteiger partial charge on any atom is -0.309 e. The van der Waals surface area contributed by atoms with Crippen LogP contribution < -0.4 is 0 Å². The summed E-state index contributed by atoms with van der Waals surface area (Å²) in [5, 5.41) is 0.238. The van der Waals surface area contributed by atoms with Gasteiger partial charge in [0.15, 0.2) is 0 Å². The van der Waals surface area contributed by atoms with Gasteiger partial charge in [0, 0.05) is 19.3 Å². The fourth-order valence-electron chi connectivity index (χ4n) is 2.17. The summed E-state index contributed by atoms with van der Waals surface area (Å²) in [6.07, 6.45) is 2.76. The van der Waals surface area contributed by atoms with Crippen molar-refractivity contribution in [1.82, 2.24) is 19.1 Å². The minimum atomic E-state index is -3.65. The van der Waals surface area contributed by atoms with Crippen molar-refractivity contribution in [1.29, 1.82) is 0 Å². The quantitative estimate of drug-likeness (QED) is 0.567. The van der Waals surface area contributed by atoms with Crippen LogP contribution in [-0.2, 0) is 10.0 Å². The van der Waals surface area contributed by atoms with Gasteiger partial charge in [-0.15, -0.1) is 0 Å². The normalized spacial score (nSPS) is 12.5. The topological polar surface area (TPSA) is 56.8 Å². The van der Waals surface area contributed by atoms with Crippen LogP contribution in [0.3, 0.4) is 0 Å². The first-order valence-corrected chi connectivity index (χ1v) is 9.95. The van der Waals surface area contributed by atoms with E-state index in [0.717, 1.165) is 25.9 Å². The number of sulfonamides is 1. The van der Waals surface area contributed by atoms with E-state index in [1.165, 1.54) is 16.6 Å². The van der Waals surface area contributed by atoms with E-state index in [1.807, 2.05) is 38.0 Å². The summed E-state index contributed by atoms with van der Waals surface area (Å²) >= 11 is 11.7. The van der Waals surface area contributed by atoms with Gasteiger partial charge in [-0.05, 0) is 60.2 Å². The van der Waals surface area contributed by atoms with Crippen molar-refractivity contribution in [2.45, 2.75) is 17.7 Å². The lowest BCUT2D eigenvalue weighted by Gasteiger charge is -2.23. The Kier molecular flexibility index (Phi) is 8.90. The van der Waals surface area contributed by atoms with Crippen molar-refractivity contribution in [3.8, 4) is 0 Å². The first kappa shape index (κ1) is 21.6. The van der Waals surface area contributed by atoms with Crippen LogP contribution in [0.15, 0.2) is 17.2 Å². The molecule has 1 heterocycles. The number of halogens is 2. The smallest absolute Gasteiger partial charge is 0.244 e. The molecular formula is C15H26Cl2N4O2S. The second-order valence-corrected chi connectivity index (χ2v) is 8.86. The van der Waals surface area contributed by atoms with Gasteiger partial charge in [0.2, 0.25) is 10.0 Å². The minimum absolute atomic E-state index is 0.0756. The summed E-state index contributed by atoms with van der Waals surface area (Å²) in [6.45, 7) is 2.54. The van der Waals surface area contributed by atoms with E-state index in [9.17, 15) is 8.42 Å². The number of nitrogens with zero attached hydrogens (tertiary/aromatic N) is 4. The molecule has 0 N–H and O–H groups in total. The summed E-state index contributed by atoms with van der Waals surface area (Å²) < 4.78 is 27.3. The lowest BCUT2D eigenvalue weighted by molar-refractivity contribution is 0.326. The summed E-state index contributed by atoms with van der Waals surface area (Å²) in [5.41, 5.74) is 0. The summed E-state index contributed by atoms with van der Waals surface area (Å²) in [7, 11) is 4.22. The van der Waals surface area contributed by atoms with Crippen molar-refractivity contribution in [2.24, 2.45) is 0 Å². The van der Waals surface area contributed by atoms with Gasteiger partial charge in [0.1, 0.15) is 10.0 Å².